The summed E-state index contributed by atoms with van der Waals surface area (Å²) in [5.41, 5.74) is 4.34. The van der Waals surface area contributed by atoms with Crippen LogP contribution in [-0.4, -0.2) is 32.8 Å². The third-order valence-corrected chi connectivity index (χ3v) is 5.05. The van der Waals surface area contributed by atoms with E-state index in [2.05, 4.69) is 55.5 Å². The van der Waals surface area contributed by atoms with Crippen LogP contribution in [0.2, 0.25) is 0 Å². The molecule has 0 aromatic heterocycles. The van der Waals surface area contributed by atoms with Gasteiger partial charge >= 0.3 is 0 Å². The lowest BCUT2D eigenvalue weighted by atomic mass is 10.1. The Balaban J connectivity index is 1.47. The molecule has 128 valence electrons. The largest absolute Gasteiger partial charge is 0.494 e. The van der Waals surface area contributed by atoms with Crippen molar-refractivity contribution in [3.8, 4) is 5.75 Å². The van der Waals surface area contributed by atoms with E-state index in [0.717, 1.165) is 18.9 Å². The van der Waals surface area contributed by atoms with Crippen LogP contribution in [0.5, 0.6) is 5.75 Å². The SMILES string of the molecule is CCOc1ccc(C[NH+]2CC[NH+](Cc3ccccc3C)CC2)cc1. The first-order chi connectivity index (χ1) is 11.7. The predicted octanol–water partition coefficient (Wildman–Crippen LogP) is 0.877. The van der Waals surface area contributed by atoms with Gasteiger partial charge in [0, 0.05) is 11.1 Å². The summed E-state index contributed by atoms with van der Waals surface area (Å²) < 4.78 is 5.52. The standard InChI is InChI=1S/C21H28N2O/c1-3-24-21-10-8-19(9-11-21)16-22-12-14-23(15-13-22)17-20-7-5-4-6-18(20)2/h4-11H,3,12-17H2,1-2H3/p+2. The normalized spacial score (nSPS) is 20.8. The van der Waals surface area contributed by atoms with Crippen molar-refractivity contribution in [3.63, 3.8) is 0 Å². The van der Waals surface area contributed by atoms with Gasteiger partial charge in [-0.2, -0.15) is 0 Å². The summed E-state index contributed by atoms with van der Waals surface area (Å²) in [6.45, 7) is 12.3. The summed E-state index contributed by atoms with van der Waals surface area (Å²) in [7, 11) is 0. The highest BCUT2D eigenvalue weighted by molar-refractivity contribution is 5.26. The van der Waals surface area contributed by atoms with Crippen molar-refractivity contribution in [1.82, 2.24) is 0 Å². The third kappa shape index (κ3) is 4.59. The average molecular weight is 326 g/mol. The van der Waals surface area contributed by atoms with Crippen LogP contribution < -0.4 is 14.5 Å². The molecule has 2 aromatic carbocycles. The molecule has 1 heterocycles. The van der Waals surface area contributed by atoms with Crippen LogP contribution in [-0.2, 0) is 13.1 Å². The van der Waals surface area contributed by atoms with Gasteiger partial charge in [-0.05, 0) is 43.7 Å². The van der Waals surface area contributed by atoms with Gasteiger partial charge in [0.2, 0.25) is 0 Å². The van der Waals surface area contributed by atoms with E-state index >= 15 is 0 Å². The second-order valence-corrected chi connectivity index (χ2v) is 6.86. The Labute approximate surface area is 145 Å². The lowest BCUT2D eigenvalue weighted by Gasteiger charge is -2.30. The quantitative estimate of drug-likeness (QED) is 0.806. The molecule has 3 heteroatoms. The number of rotatable bonds is 6. The molecule has 0 bridgehead atoms. The molecule has 0 aliphatic carbocycles. The van der Waals surface area contributed by atoms with Crippen LogP contribution in [0, 0.1) is 6.92 Å². The average Bonchev–Trinajstić information content (AvgIpc) is 2.61. The summed E-state index contributed by atoms with van der Waals surface area (Å²) in [6.07, 6.45) is 0. The summed E-state index contributed by atoms with van der Waals surface area (Å²) >= 11 is 0. The first kappa shape index (κ1) is 17.0. The summed E-state index contributed by atoms with van der Waals surface area (Å²) in [5.74, 6) is 0.976. The van der Waals surface area contributed by atoms with Crippen molar-refractivity contribution < 1.29 is 14.5 Å². The lowest BCUT2D eigenvalue weighted by molar-refractivity contribution is -1.02. The van der Waals surface area contributed by atoms with E-state index in [1.165, 1.54) is 49.4 Å². The molecule has 0 saturated carbocycles. The molecular formula is C21H30N2O+2. The second kappa shape index (κ2) is 8.32. The topological polar surface area (TPSA) is 18.1 Å². The summed E-state index contributed by atoms with van der Waals surface area (Å²) in [4.78, 5) is 3.42. The molecule has 2 N–H and O–H groups in total. The molecule has 1 aliphatic rings. The highest BCUT2D eigenvalue weighted by atomic mass is 16.5. The van der Waals surface area contributed by atoms with E-state index in [9.17, 15) is 0 Å². The van der Waals surface area contributed by atoms with Gasteiger partial charge in [0.25, 0.3) is 0 Å². The monoisotopic (exact) mass is 326 g/mol. The van der Waals surface area contributed by atoms with Crippen molar-refractivity contribution >= 4 is 0 Å². The molecule has 3 rings (SSSR count). The number of piperazine rings is 1. The smallest absolute Gasteiger partial charge is 0.127 e. The molecule has 0 unspecified atom stereocenters. The Kier molecular flexibility index (Phi) is 5.89. The maximum atomic E-state index is 5.52. The fourth-order valence-electron chi connectivity index (χ4n) is 3.55. The van der Waals surface area contributed by atoms with Crippen LogP contribution >= 0.6 is 0 Å². The number of hydrogen-bond donors (Lipinski definition) is 2. The highest BCUT2D eigenvalue weighted by Gasteiger charge is 2.23. The van der Waals surface area contributed by atoms with Crippen LogP contribution in [0.15, 0.2) is 48.5 Å². The minimum absolute atomic E-state index is 0.732. The van der Waals surface area contributed by atoms with Gasteiger partial charge in [-0.15, -0.1) is 0 Å². The van der Waals surface area contributed by atoms with E-state index in [0.29, 0.717) is 0 Å². The molecule has 24 heavy (non-hydrogen) atoms. The predicted molar refractivity (Wildman–Crippen MR) is 97.6 cm³/mol. The minimum Gasteiger partial charge on any atom is -0.494 e. The van der Waals surface area contributed by atoms with Gasteiger partial charge in [0.15, 0.2) is 0 Å². The maximum absolute atomic E-state index is 5.52. The number of hydrogen-bond acceptors (Lipinski definition) is 1. The highest BCUT2D eigenvalue weighted by Crippen LogP contribution is 2.11. The molecule has 0 radical (unpaired) electrons. The number of quaternary nitrogens is 2. The Morgan fingerprint density at radius 3 is 2.08 bits per heavy atom. The Hall–Kier alpha value is -1.84. The fourth-order valence-corrected chi connectivity index (χ4v) is 3.55. The number of benzene rings is 2. The van der Waals surface area contributed by atoms with Gasteiger partial charge in [0.05, 0.1) is 6.61 Å². The molecule has 1 saturated heterocycles. The number of aryl methyl sites for hydroxylation is 1. The zero-order valence-corrected chi connectivity index (χ0v) is 15.0. The van der Waals surface area contributed by atoms with E-state index in [1.54, 1.807) is 9.80 Å². The van der Waals surface area contributed by atoms with Crippen molar-refractivity contribution in [2.75, 3.05) is 32.8 Å². The second-order valence-electron chi connectivity index (χ2n) is 6.86. The lowest BCUT2D eigenvalue weighted by Crippen LogP contribution is -3.27. The third-order valence-electron chi connectivity index (χ3n) is 5.05. The maximum Gasteiger partial charge on any atom is 0.127 e. The van der Waals surface area contributed by atoms with E-state index < -0.39 is 0 Å². The van der Waals surface area contributed by atoms with Gasteiger partial charge < -0.3 is 14.5 Å². The van der Waals surface area contributed by atoms with Gasteiger partial charge in [0.1, 0.15) is 45.0 Å². The molecule has 0 spiro atoms. The number of ether oxygens (including phenoxy) is 1. The molecule has 1 aliphatic heterocycles. The van der Waals surface area contributed by atoms with Crippen LogP contribution in [0.1, 0.15) is 23.6 Å². The van der Waals surface area contributed by atoms with Crippen molar-refractivity contribution in [2.24, 2.45) is 0 Å². The van der Waals surface area contributed by atoms with Gasteiger partial charge in [-0.3, -0.25) is 0 Å². The van der Waals surface area contributed by atoms with Crippen LogP contribution in [0.25, 0.3) is 0 Å². The molecule has 0 atom stereocenters. The van der Waals surface area contributed by atoms with Crippen molar-refractivity contribution in [2.45, 2.75) is 26.9 Å². The van der Waals surface area contributed by atoms with E-state index in [-0.39, 0.29) is 0 Å². The molecular weight excluding hydrogens is 296 g/mol. The van der Waals surface area contributed by atoms with Crippen molar-refractivity contribution in [1.29, 1.82) is 0 Å². The Morgan fingerprint density at radius 2 is 1.46 bits per heavy atom. The minimum atomic E-state index is 0.732. The van der Waals surface area contributed by atoms with Crippen LogP contribution in [0.4, 0.5) is 0 Å². The van der Waals surface area contributed by atoms with Crippen molar-refractivity contribution in [3.05, 3.63) is 65.2 Å². The zero-order valence-electron chi connectivity index (χ0n) is 15.0. The van der Waals surface area contributed by atoms with Gasteiger partial charge in [-0.25, -0.2) is 0 Å². The molecule has 3 nitrogen and oxygen atoms in total. The summed E-state index contributed by atoms with van der Waals surface area (Å²) in [5, 5.41) is 0. The fraction of sp³-hybridized carbons (Fsp3) is 0.429. The zero-order chi connectivity index (χ0) is 16.8. The van der Waals surface area contributed by atoms with E-state index in [1.807, 2.05) is 6.92 Å². The number of nitrogens with one attached hydrogen (secondary N) is 2. The summed E-state index contributed by atoms with van der Waals surface area (Å²) in [6, 6.07) is 17.4. The first-order valence-electron chi connectivity index (χ1n) is 9.18. The van der Waals surface area contributed by atoms with E-state index in [4.69, 9.17) is 4.74 Å². The first-order valence-corrected chi connectivity index (χ1v) is 9.18. The molecule has 2 aromatic rings. The molecule has 1 fully saturated rings. The van der Waals surface area contributed by atoms with Gasteiger partial charge in [-0.1, -0.05) is 24.3 Å². The molecule has 0 amide bonds. The Bertz CT molecular complexity index is 631. The van der Waals surface area contributed by atoms with Crippen LogP contribution in [0.3, 0.4) is 0 Å². The Morgan fingerprint density at radius 1 is 0.833 bits per heavy atom.